The summed E-state index contributed by atoms with van der Waals surface area (Å²) in [6.45, 7) is -0.158. The Kier molecular flexibility index (Phi) is 3.72. The average molecular weight is 183 g/mol. The van der Waals surface area contributed by atoms with E-state index < -0.39 is 11.9 Å². The summed E-state index contributed by atoms with van der Waals surface area (Å²) in [5.41, 5.74) is 0. The van der Waals surface area contributed by atoms with Crippen LogP contribution in [0, 0.1) is 16.0 Å². The normalized spacial score (nSPS) is 31.2. The predicted molar refractivity (Wildman–Crippen MR) is 49.3 cm³/mol. The van der Waals surface area contributed by atoms with E-state index >= 15 is 0 Å². The van der Waals surface area contributed by atoms with Gasteiger partial charge in [0.25, 0.3) is 0 Å². The van der Waals surface area contributed by atoms with Crippen LogP contribution >= 0.6 is 0 Å². The van der Waals surface area contributed by atoms with E-state index in [0.29, 0.717) is 6.42 Å². The molecular weight excluding hydrogens is 169 g/mol. The van der Waals surface area contributed by atoms with E-state index in [2.05, 4.69) is 0 Å². The summed E-state index contributed by atoms with van der Waals surface area (Å²) in [7, 11) is 5.62. The summed E-state index contributed by atoms with van der Waals surface area (Å²) in [5, 5.41) is 19.5. The molecule has 1 N–H and O–H groups in total. The zero-order chi connectivity index (χ0) is 9.84. The van der Waals surface area contributed by atoms with Gasteiger partial charge in [-0.2, -0.15) is 0 Å². The zero-order valence-electron chi connectivity index (χ0n) is 7.56. The number of aliphatic hydroxyl groups is 1. The van der Waals surface area contributed by atoms with Gasteiger partial charge in [-0.1, -0.05) is 6.42 Å². The topological polar surface area (TPSA) is 63.4 Å². The van der Waals surface area contributed by atoms with Gasteiger partial charge in [0, 0.05) is 23.9 Å². The Balaban J connectivity index is 2.61. The van der Waals surface area contributed by atoms with Gasteiger partial charge in [0.1, 0.15) is 0 Å². The van der Waals surface area contributed by atoms with Gasteiger partial charge in [-0.05, 0) is 18.7 Å². The number of aliphatic hydroxyl groups excluding tert-OH is 1. The van der Waals surface area contributed by atoms with Gasteiger partial charge in [-0.3, -0.25) is 10.1 Å². The first-order valence-electron chi connectivity index (χ1n) is 4.66. The first-order valence-corrected chi connectivity index (χ1v) is 4.66. The minimum Gasteiger partial charge on any atom is -0.397 e. The Morgan fingerprint density at radius 2 is 2.15 bits per heavy atom. The number of rotatable bonds is 3. The highest BCUT2D eigenvalue weighted by Gasteiger charge is 2.36. The summed E-state index contributed by atoms with van der Waals surface area (Å²) in [5.74, 6) is -0.579. The summed E-state index contributed by atoms with van der Waals surface area (Å²) in [6.07, 6.45) is 3.27. The predicted octanol–water partition coefficient (Wildman–Crippen LogP) is 0.771. The Morgan fingerprint density at radius 3 is 2.69 bits per heavy atom. The standard InChI is InChI=1S/C8H14BNO3/c9-7(5-11)6-3-1-2-4-8(6)10(12)13/h6-8,11H,1-5H2/t6-,7+,8-/m0/s1. The average Bonchev–Trinajstić information content (AvgIpc) is 2.16. The number of hydrogen-bond donors (Lipinski definition) is 1. The highest BCUT2D eigenvalue weighted by molar-refractivity contribution is 6.12. The molecule has 13 heavy (non-hydrogen) atoms. The van der Waals surface area contributed by atoms with Crippen molar-refractivity contribution < 1.29 is 10.0 Å². The molecule has 0 heterocycles. The van der Waals surface area contributed by atoms with E-state index in [-0.39, 0.29) is 17.4 Å². The molecule has 0 aromatic carbocycles. The van der Waals surface area contributed by atoms with Crippen molar-refractivity contribution in [1.82, 2.24) is 0 Å². The molecule has 2 radical (unpaired) electrons. The minimum absolute atomic E-state index is 0.145. The van der Waals surface area contributed by atoms with Gasteiger partial charge in [0.15, 0.2) is 0 Å². The van der Waals surface area contributed by atoms with Crippen LogP contribution in [0.25, 0.3) is 0 Å². The van der Waals surface area contributed by atoms with Crippen LogP contribution in [0.2, 0.25) is 5.82 Å². The molecule has 0 saturated heterocycles. The summed E-state index contributed by atoms with van der Waals surface area (Å²) >= 11 is 0. The third-order valence-corrected chi connectivity index (χ3v) is 2.81. The van der Waals surface area contributed by atoms with Crippen LogP contribution in [0.4, 0.5) is 0 Å². The lowest BCUT2D eigenvalue weighted by Crippen LogP contribution is -2.35. The molecule has 72 valence electrons. The molecule has 1 fully saturated rings. The van der Waals surface area contributed by atoms with Crippen LogP contribution in [0.5, 0.6) is 0 Å². The second-order valence-corrected chi connectivity index (χ2v) is 3.65. The van der Waals surface area contributed by atoms with Gasteiger partial charge in [-0.15, -0.1) is 0 Å². The molecule has 0 amide bonds. The van der Waals surface area contributed by atoms with Crippen LogP contribution in [0.15, 0.2) is 0 Å². The molecule has 1 rings (SSSR count). The number of nitrogens with zero attached hydrogens (tertiary/aromatic N) is 1. The summed E-state index contributed by atoms with van der Waals surface area (Å²) < 4.78 is 0. The fraction of sp³-hybridized carbons (Fsp3) is 1.00. The molecule has 0 aliphatic heterocycles. The van der Waals surface area contributed by atoms with Crippen LogP contribution < -0.4 is 0 Å². The van der Waals surface area contributed by atoms with Gasteiger partial charge >= 0.3 is 0 Å². The lowest BCUT2D eigenvalue weighted by atomic mass is 9.68. The monoisotopic (exact) mass is 183 g/mol. The molecule has 1 aliphatic carbocycles. The lowest BCUT2D eigenvalue weighted by molar-refractivity contribution is -0.535. The molecule has 4 nitrogen and oxygen atoms in total. The molecule has 1 saturated carbocycles. The lowest BCUT2D eigenvalue weighted by Gasteiger charge is -2.29. The highest BCUT2D eigenvalue weighted by atomic mass is 16.6. The Bertz CT molecular complexity index is 188. The first-order chi connectivity index (χ1) is 6.16. The second kappa shape index (κ2) is 4.60. The van der Waals surface area contributed by atoms with E-state index in [1.807, 2.05) is 0 Å². The van der Waals surface area contributed by atoms with Crippen LogP contribution in [-0.4, -0.2) is 30.5 Å². The summed E-state index contributed by atoms with van der Waals surface area (Å²) in [4.78, 5) is 10.4. The maximum Gasteiger partial charge on any atom is 0.215 e. The molecule has 3 atom stereocenters. The van der Waals surface area contributed by atoms with Crippen molar-refractivity contribution in [2.45, 2.75) is 37.5 Å². The van der Waals surface area contributed by atoms with E-state index in [9.17, 15) is 10.1 Å². The molecule has 0 unspecified atom stereocenters. The molecule has 1 aliphatic rings. The van der Waals surface area contributed by atoms with E-state index in [0.717, 1.165) is 19.3 Å². The van der Waals surface area contributed by atoms with E-state index in [1.54, 1.807) is 0 Å². The second-order valence-electron chi connectivity index (χ2n) is 3.65. The van der Waals surface area contributed by atoms with Crippen LogP contribution in [-0.2, 0) is 0 Å². The number of hydrogen-bond acceptors (Lipinski definition) is 3. The molecular formula is C8H14BNO3. The van der Waals surface area contributed by atoms with Crippen molar-refractivity contribution in [1.29, 1.82) is 0 Å². The number of nitro groups is 1. The van der Waals surface area contributed by atoms with E-state index in [4.69, 9.17) is 13.0 Å². The van der Waals surface area contributed by atoms with Gasteiger partial charge in [0.05, 0.1) is 7.85 Å². The largest absolute Gasteiger partial charge is 0.397 e. The van der Waals surface area contributed by atoms with Crippen molar-refractivity contribution in [2.75, 3.05) is 6.61 Å². The maximum absolute atomic E-state index is 10.7. The van der Waals surface area contributed by atoms with Crippen molar-refractivity contribution in [3.63, 3.8) is 0 Å². The van der Waals surface area contributed by atoms with Gasteiger partial charge < -0.3 is 5.11 Å². The third-order valence-electron chi connectivity index (χ3n) is 2.81. The minimum atomic E-state index is -0.545. The van der Waals surface area contributed by atoms with Gasteiger partial charge in [0.2, 0.25) is 6.04 Å². The molecule has 0 spiro atoms. The molecule has 5 heteroatoms. The van der Waals surface area contributed by atoms with E-state index in [1.165, 1.54) is 0 Å². The zero-order valence-corrected chi connectivity index (χ0v) is 7.56. The Morgan fingerprint density at radius 1 is 1.54 bits per heavy atom. The summed E-state index contributed by atoms with van der Waals surface area (Å²) in [6, 6.07) is -0.545. The fourth-order valence-electron chi connectivity index (χ4n) is 2.04. The van der Waals surface area contributed by atoms with Crippen molar-refractivity contribution in [3.8, 4) is 0 Å². The smallest absolute Gasteiger partial charge is 0.215 e. The molecule has 0 aromatic heterocycles. The third kappa shape index (κ3) is 2.43. The first kappa shape index (κ1) is 10.5. The Hall–Kier alpha value is -0.575. The van der Waals surface area contributed by atoms with Crippen molar-refractivity contribution in [2.24, 2.45) is 5.92 Å². The van der Waals surface area contributed by atoms with Gasteiger partial charge in [-0.25, -0.2) is 0 Å². The molecule has 0 aromatic rings. The van der Waals surface area contributed by atoms with Crippen molar-refractivity contribution >= 4 is 7.85 Å². The maximum atomic E-state index is 10.7. The van der Waals surface area contributed by atoms with Crippen molar-refractivity contribution in [3.05, 3.63) is 10.1 Å². The molecule has 0 bridgehead atoms. The Labute approximate surface area is 78.9 Å². The van der Waals surface area contributed by atoms with Crippen LogP contribution in [0.1, 0.15) is 25.7 Å². The highest BCUT2D eigenvalue weighted by Crippen LogP contribution is 2.33. The van der Waals surface area contributed by atoms with Crippen LogP contribution in [0.3, 0.4) is 0 Å². The fourth-order valence-corrected chi connectivity index (χ4v) is 2.04. The quantitative estimate of drug-likeness (QED) is 0.399. The SMILES string of the molecule is [B][C@H](CO)[C@@H]1CCCC[C@@H]1[N+](=O)[O-].